The number of hydrogen-bond donors (Lipinski definition) is 1. The molecule has 0 bridgehead atoms. The van der Waals surface area contributed by atoms with Gasteiger partial charge in [0.1, 0.15) is 5.75 Å². The fourth-order valence-electron chi connectivity index (χ4n) is 2.11. The Bertz CT molecular complexity index is 703. The lowest BCUT2D eigenvalue weighted by Crippen LogP contribution is -2.12. The van der Waals surface area contributed by atoms with Gasteiger partial charge < -0.3 is 9.84 Å². The topological polar surface area (TPSA) is 46.5 Å². The second-order valence-corrected chi connectivity index (χ2v) is 5.35. The van der Waals surface area contributed by atoms with Gasteiger partial charge in [-0.05, 0) is 55.3 Å². The van der Waals surface area contributed by atoms with Crippen LogP contribution < -0.4 is 4.74 Å². The van der Waals surface area contributed by atoms with Gasteiger partial charge in [0.25, 0.3) is 0 Å². The molecule has 0 saturated carbocycles. The van der Waals surface area contributed by atoms with E-state index in [1.54, 1.807) is 6.92 Å². The number of benzene rings is 2. The van der Waals surface area contributed by atoms with E-state index < -0.39 is 5.97 Å². The summed E-state index contributed by atoms with van der Waals surface area (Å²) < 4.78 is 5.40. The van der Waals surface area contributed by atoms with E-state index in [2.05, 4.69) is 11.8 Å². The number of carbonyl (C=O) groups is 1. The highest BCUT2D eigenvalue weighted by molar-refractivity contribution is 5.69. The van der Waals surface area contributed by atoms with Crippen LogP contribution in [0.3, 0.4) is 0 Å². The highest BCUT2D eigenvalue weighted by Crippen LogP contribution is 2.12. The molecule has 2 aromatic rings. The van der Waals surface area contributed by atoms with E-state index in [0.717, 1.165) is 22.4 Å². The second-order valence-electron chi connectivity index (χ2n) is 5.35. The van der Waals surface area contributed by atoms with Crippen molar-refractivity contribution in [2.45, 2.75) is 20.3 Å². The summed E-state index contributed by atoms with van der Waals surface area (Å²) in [6.07, 6.45) is 0.530. The molecule has 0 aromatic heterocycles. The maximum atomic E-state index is 10.9. The van der Waals surface area contributed by atoms with Crippen molar-refractivity contribution in [3.63, 3.8) is 0 Å². The third-order valence-electron chi connectivity index (χ3n) is 3.43. The van der Waals surface area contributed by atoms with Gasteiger partial charge in [0, 0.05) is 11.1 Å². The summed E-state index contributed by atoms with van der Waals surface area (Å²) in [5, 5.41) is 8.93. The summed E-state index contributed by atoms with van der Waals surface area (Å²) in [6.45, 7) is 4.31. The largest absolute Gasteiger partial charge is 0.494 e. The molecule has 0 fully saturated rings. The Morgan fingerprint density at radius 1 is 1.04 bits per heavy atom. The first kappa shape index (κ1) is 16.6. The van der Waals surface area contributed by atoms with Gasteiger partial charge in [-0.25, -0.2) is 0 Å². The number of carboxylic acids is 1. The van der Waals surface area contributed by atoms with Gasteiger partial charge in [-0.2, -0.15) is 0 Å². The summed E-state index contributed by atoms with van der Waals surface area (Å²) in [6, 6.07) is 15.4. The minimum absolute atomic E-state index is 0.379. The lowest BCUT2D eigenvalue weighted by molar-refractivity contribution is -0.141. The van der Waals surface area contributed by atoms with Crippen LogP contribution in [0.4, 0.5) is 0 Å². The molecule has 0 unspecified atom stereocenters. The minimum Gasteiger partial charge on any atom is -0.494 e. The number of ether oxygens (including phenoxy) is 1. The smallest absolute Gasteiger partial charge is 0.306 e. The van der Waals surface area contributed by atoms with Crippen LogP contribution in [0, 0.1) is 17.8 Å². The standard InChI is InChI=1S/C20H20O3/c1-3-23-19-12-10-17(11-13-19)5-4-16-6-8-18(9-7-16)14-15(2)20(21)22/h6-13,15H,3,14H2,1-2H3,(H,21,22)/t15-/m1/s1. The molecule has 2 aromatic carbocycles. The van der Waals surface area contributed by atoms with Crippen LogP contribution in [0.25, 0.3) is 0 Å². The molecule has 118 valence electrons. The van der Waals surface area contributed by atoms with Gasteiger partial charge in [0.15, 0.2) is 0 Å². The van der Waals surface area contributed by atoms with Crippen LogP contribution in [0.5, 0.6) is 5.75 Å². The Hall–Kier alpha value is -2.73. The molecule has 3 heteroatoms. The Kier molecular flexibility index (Phi) is 5.82. The number of hydrogen-bond acceptors (Lipinski definition) is 2. The van der Waals surface area contributed by atoms with Gasteiger partial charge in [-0.3, -0.25) is 4.79 Å². The summed E-state index contributed by atoms with van der Waals surface area (Å²) in [5.41, 5.74) is 2.84. The minimum atomic E-state index is -0.774. The van der Waals surface area contributed by atoms with E-state index in [1.807, 2.05) is 55.5 Å². The molecule has 0 saturated heterocycles. The quantitative estimate of drug-likeness (QED) is 0.856. The van der Waals surface area contributed by atoms with Crippen molar-refractivity contribution in [2.24, 2.45) is 5.92 Å². The van der Waals surface area contributed by atoms with Crippen molar-refractivity contribution in [1.29, 1.82) is 0 Å². The van der Waals surface area contributed by atoms with Crippen molar-refractivity contribution in [3.05, 3.63) is 65.2 Å². The van der Waals surface area contributed by atoms with Crippen LogP contribution in [0.2, 0.25) is 0 Å². The fourth-order valence-corrected chi connectivity index (χ4v) is 2.11. The van der Waals surface area contributed by atoms with Gasteiger partial charge in [0.05, 0.1) is 12.5 Å². The molecule has 3 nitrogen and oxygen atoms in total. The summed E-state index contributed by atoms with van der Waals surface area (Å²) in [7, 11) is 0. The molecule has 0 radical (unpaired) electrons. The second kappa shape index (κ2) is 8.05. The van der Waals surface area contributed by atoms with E-state index in [0.29, 0.717) is 13.0 Å². The van der Waals surface area contributed by atoms with Crippen molar-refractivity contribution < 1.29 is 14.6 Å². The predicted octanol–water partition coefficient (Wildman–Crippen LogP) is 3.75. The predicted molar refractivity (Wildman–Crippen MR) is 90.5 cm³/mol. The van der Waals surface area contributed by atoms with Crippen LogP contribution in [0.15, 0.2) is 48.5 Å². The Morgan fingerprint density at radius 2 is 1.57 bits per heavy atom. The average Bonchev–Trinajstić information content (AvgIpc) is 2.55. The highest BCUT2D eigenvalue weighted by Gasteiger charge is 2.10. The monoisotopic (exact) mass is 308 g/mol. The molecule has 1 N–H and O–H groups in total. The highest BCUT2D eigenvalue weighted by atomic mass is 16.5. The van der Waals surface area contributed by atoms with Crippen molar-refractivity contribution in [3.8, 4) is 17.6 Å². The van der Waals surface area contributed by atoms with E-state index >= 15 is 0 Å². The molecule has 2 rings (SSSR count). The molecule has 0 aliphatic rings. The molecule has 0 spiro atoms. The zero-order valence-corrected chi connectivity index (χ0v) is 13.4. The Morgan fingerprint density at radius 3 is 2.04 bits per heavy atom. The van der Waals surface area contributed by atoms with Gasteiger partial charge in [-0.15, -0.1) is 0 Å². The SMILES string of the molecule is CCOc1ccc(C#Cc2ccc(C[C@@H](C)C(=O)O)cc2)cc1. The molecule has 1 atom stereocenters. The third kappa shape index (κ3) is 5.19. The first-order valence-corrected chi connectivity index (χ1v) is 7.65. The molecule has 0 aliphatic heterocycles. The number of rotatable bonds is 5. The molecule has 0 aliphatic carbocycles. The number of carboxylic acid groups (broad SMARTS) is 1. The Labute approximate surface area is 136 Å². The van der Waals surface area contributed by atoms with Crippen LogP contribution in [-0.4, -0.2) is 17.7 Å². The zero-order chi connectivity index (χ0) is 16.7. The zero-order valence-electron chi connectivity index (χ0n) is 13.4. The van der Waals surface area contributed by atoms with Gasteiger partial charge in [0.2, 0.25) is 0 Å². The van der Waals surface area contributed by atoms with Gasteiger partial charge in [-0.1, -0.05) is 30.9 Å². The maximum absolute atomic E-state index is 10.9. The van der Waals surface area contributed by atoms with Crippen molar-refractivity contribution in [1.82, 2.24) is 0 Å². The van der Waals surface area contributed by atoms with E-state index in [4.69, 9.17) is 9.84 Å². The first-order chi connectivity index (χ1) is 11.1. The molecular weight excluding hydrogens is 288 g/mol. The van der Waals surface area contributed by atoms with E-state index in [1.165, 1.54) is 0 Å². The van der Waals surface area contributed by atoms with Crippen LogP contribution in [0.1, 0.15) is 30.5 Å². The molecule has 0 amide bonds. The van der Waals surface area contributed by atoms with E-state index in [9.17, 15) is 4.79 Å². The maximum Gasteiger partial charge on any atom is 0.306 e. The normalized spacial score (nSPS) is 11.2. The summed E-state index contributed by atoms with van der Waals surface area (Å²) >= 11 is 0. The molecular formula is C20H20O3. The molecule has 23 heavy (non-hydrogen) atoms. The van der Waals surface area contributed by atoms with Gasteiger partial charge >= 0.3 is 5.97 Å². The Balaban J connectivity index is 2.02. The van der Waals surface area contributed by atoms with Crippen LogP contribution in [-0.2, 0) is 11.2 Å². The van der Waals surface area contributed by atoms with Crippen LogP contribution >= 0.6 is 0 Å². The summed E-state index contributed by atoms with van der Waals surface area (Å²) in [5.74, 6) is 5.91. The average molecular weight is 308 g/mol. The lowest BCUT2D eigenvalue weighted by Gasteiger charge is -2.05. The third-order valence-corrected chi connectivity index (χ3v) is 3.43. The lowest BCUT2D eigenvalue weighted by atomic mass is 10.0. The van der Waals surface area contributed by atoms with Crippen molar-refractivity contribution in [2.75, 3.05) is 6.61 Å². The van der Waals surface area contributed by atoms with Crippen molar-refractivity contribution >= 4 is 5.97 Å². The van der Waals surface area contributed by atoms with E-state index in [-0.39, 0.29) is 5.92 Å². The first-order valence-electron chi connectivity index (χ1n) is 7.65. The number of aliphatic carboxylic acids is 1. The molecule has 0 heterocycles. The fraction of sp³-hybridized carbons (Fsp3) is 0.250. The summed E-state index contributed by atoms with van der Waals surface area (Å²) in [4.78, 5) is 10.9.